The Morgan fingerprint density at radius 3 is 2.33 bits per heavy atom. The number of carbonyl (C=O) groups excluding carboxylic acids is 1. The lowest BCUT2D eigenvalue weighted by Crippen LogP contribution is -2.44. The molecule has 2 aliphatic heterocycles. The maximum atomic E-state index is 12.9. The molecule has 0 bridgehead atoms. The lowest BCUT2D eigenvalue weighted by Gasteiger charge is -2.34. The summed E-state index contributed by atoms with van der Waals surface area (Å²) in [7, 11) is -1.38. The fraction of sp³-hybridized carbons (Fsp3) is 0.458. The zero-order chi connectivity index (χ0) is 23.4. The van der Waals surface area contributed by atoms with Crippen LogP contribution < -0.4 is 10.2 Å². The van der Waals surface area contributed by atoms with Gasteiger partial charge in [0.05, 0.1) is 11.7 Å². The number of hydrogen-bond donors (Lipinski definition) is 1. The van der Waals surface area contributed by atoms with Gasteiger partial charge in [0.1, 0.15) is 0 Å². The van der Waals surface area contributed by atoms with Gasteiger partial charge in [-0.1, -0.05) is 23.7 Å². The van der Waals surface area contributed by atoms with E-state index in [1.54, 1.807) is 24.3 Å². The maximum absolute atomic E-state index is 12.9. The standard InChI is InChI=1S/C24H31ClN4O3S/c1-27-13-15-28(16-14-27)23-10-8-22(9-11-23)26-24(30)20-3-2-12-29(17-20)33(31,32)18-19-4-6-21(25)7-5-19/h4-11,20H,2-3,12-18H2,1H3,(H,26,30)/t20-/m1/s1. The number of carbonyl (C=O) groups is 1. The third kappa shape index (κ3) is 6.26. The second-order valence-corrected chi connectivity index (χ2v) is 11.3. The predicted octanol–water partition coefficient (Wildman–Crippen LogP) is 3.27. The van der Waals surface area contributed by atoms with E-state index in [4.69, 9.17) is 11.6 Å². The molecule has 1 N–H and O–H groups in total. The van der Waals surface area contributed by atoms with Crippen LogP contribution in [0.15, 0.2) is 48.5 Å². The molecule has 2 aromatic rings. The molecule has 9 heteroatoms. The van der Waals surface area contributed by atoms with E-state index in [2.05, 4.69) is 22.2 Å². The molecule has 33 heavy (non-hydrogen) atoms. The Hall–Kier alpha value is -2.13. The minimum Gasteiger partial charge on any atom is -0.369 e. The first-order chi connectivity index (χ1) is 15.8. The first-order valence-electron chi connectivity index (χ1n) is 11.4. The Balaban J connectivity index is 1.34. The number of benzene rings is 2. The summed E-state index contributed by atoms with van der Waals surface area (Å²) in [6, 6.07) is 14.7. The van der Waals surface area contributed by atoms with Crippen molar-refractivity contribution in [3.8, 4) is 0 Å². The van der Waals surface area contributed by atoms with Gasteiger partial charge in [-0.3, -0.25) is 4.79 Å². The van der Waals surface area contributed by atoms with E-state index in [1.165, 1.54) is 4.31 Å². The van der Waals surface area contributed by atoms with Gasteiger partial charge in [-0.25, -0.2) is 12.7 Å². The molecule has 2 heterocycles. The van der Waals surface area contributed by atoms with Crippen molar-refractivity contribution in [2.45, 2.75) is 18.6 Å². The van der Waals surface area contributed by atoms with Crippen molar-refractivity contribution in [1.82, 2.24) is 9.21 Å². The Morgan fingerprint density at radius 1 is 1.00 bits per heavy atom. The van der Waals surface area contributed by atoms with E-state index in [9.17, 15) is 13.2 Å². The minimum absolute atomic E-state index is 0.0910. The van der Waals surface area contributed by atoms with E-state index in [1.807, 2.05) is 24.3 Å². The molecule has 0 spiro atoms. The summed E-state index contributed by atoms with van der Waals surface area (Å²) in [5.41, 5.74) is 2.57. The largest absolute Gasteiger partial charge is 0.369 e. The average molecular weight is 491 g/mol. The average Bonchev–Trinajstić information content (AvgIpc) is 2.82. The van der Waals surface area contributed by atoms with E-state index in [0.29, 0.717) is 30.0 Å². The molecule has 2 aromatic carbocycles. The summed E-state index contributed by atoms with van der Waals surface area (Å²) in [6.45, 7) is 4.71. The predicted molar refractivity (Wildman–Crippen MR) is 133 cm³/mol. The lowest BCUT2D eigenvalue weighted by atomic mass is 9.98. The third-order valence-electron chi connectivity index (χ3n) is 6.41. The van der Waals surface area contributed by atoms with E-state index in [0.717, 1.165) is 37.6 Å². The fourth-order valence-corrected chi connectivity index (χ4v) is 6.09. The van der Waals surface area contributed by atoms with Crippen LogP contribution in [-0.2, 0) is 20.6 Å². The molecule has 2 aliphatic rings. The number of hydrogen-bond acceptors (Lipinski definition) is 5. The Morgan fingerprint density at radius 2 is 1.67 bits per heavy atom. The van der Waals surface area contributed by atoms with Crippen molar-refractivity contribution >= 4 is 38.9 Å². The molecule has 2 fully saturated rings. The smallest absolute Gasteiger partial charge is 0.228 e. The third-order valence-corrected chi connectivity index (χ3v) is 8.48. The summed E-state index contributed by atoms with van der Waals surface area (Å²) < 4.78 is 27.3. The summed E-state index contributed by atoms with van der Waals surface area (Å²) in [5.74, 6) is -0.587. The minimum atomic E-state index is -3.51. The van der Waals surface area contributed by atoms with Crippen LogP contribution in [0.4, 0.5) is 11.4 Å². The maximum Gasteiger partial charge on any atom is 0.228 e. The molecule has 2 saturated heterocycles. The number of piperidine rings is 1. The highest BCUT2D eigenvalue weighted by Crippen LogP contribution is 2.24. The molecule has 1 amide bonds. The first kappa shape index (κ1) is 24.0. The normalized spacial score (nSPS) is 20.5. The summed E-state index contributed by atoms with van der Waals surface area (Å²) in [4.78, 5) is 17.6. The summed E-state index contributed by atoms with van der Waals surface area (Å²) >= 11 is 5.90. The zero-order valence-corrected chi connectivity index (χ0v) is 20.5. The Bertz CT molecular complexity index is 1050. The van der Waals surface area contributed by atoms with Crippen LogP contribution in [0.5, 0.6) is 0 Å². The van der Waals surface area contributed by atoms with Crippen LogP contribution in [0.1, 0.15) is 18.4 Å². The number of nitrogens with zero attached hydrogens (tertiary/aromatic N) is 3. The molecular weight excluding hydrogens is 460 g/mol. The van der Waals surface area contributed by atoms with E-state index in [-0.39, 0.29) is 24.1 Å². The van der Waals surface area contributed by atoms with Gasteiger partial charge in [-0.05, 0) is 61.9 Å². The van der Waals surface area contributed by atoms with Crippen LogP contribution in [0.2, 0.25) is 5.02 Å². The number of nitrogens with one attached hydrogen (secondary N) is 1. The van der Waals surface area contributed by atoms with Crippen molar-refractivity contribution < 1.29 is 13.2 Å². The Kier molecular flexibility index (Phi) is 7.58. The number of anilines is 2. The van der Waals surface area contributed by atoms with Crippen molar-refractivity contribution in [2.75, 3.05) is 56.5 Å². The van der Waals surface area contributed by atoms with Crippen molar-refractivity contribution in [3.05, 3.63) is 59.1 Å². The summed E-state index contributed by atoms with van der Waals surface area (Å²) in [5, 5.41) is 3.55. The quantitative estimate of drug-likeness (QED) is 0.672. The summed E-state index contributed by atoms with van der Waals surface area (Å²) in [6.07, 6.45) is 1.35. The van der Waals surface area contributed by atoms with Gasteiger partial charge in [0.25, 0.3) is 0 Å². The molecule has 0 radical (unpaired) electrons. The van der Waals surface area contributed by atoms with Gasteiger partial charge in [-0.15, -0.1) is 0 Å². The van der Waals surface area contributed by atoms with E-state index < -0.39 is 10.0 Å². The number of amides is 1. The van der Waals surface area contributed by atoms with Gasteiger partial charge < -0.3 is 15.1 Å². The van der Waals surface area contributed by atoms with Gasteiger partial charge >= 0.3 is 0 Å². The van der Waals surface area contributed by atoms with Crippen LogP contribution in [-0.4, -0.2) is 69.8 Å². The van der Waals surface area contributed by atoms with Gasteiger partial charge in [-0.2, -0.15) is 0 Å². The molecule has 7 nitrogen and oxygen atoms in total. The molecule has 178 valence electrons. The monoisotopic (exact) mass is 490 g/mol. The van der Waals surface area contributed by atoms with Gasteiger partial charge in [0.15, 0.2) is 0 Å². The zero-order valence-electron chi connectivity index (χ0n) is 18.9. The van der Waals surface area contributed by atoms with Crippen LogP contribution in [0.25, 0.3) is 0 Å². The van der Waals surface area contributed by atoms with Crippen molar-refractivity contribution in [2.24, 2.45) is 5.92 Å². The molecular formula is C24H31ClN4O3S. The fourth-order valence-electron chi connectivity index (χ4n) is 4.36. The second-order valence-electron chi connectivity index (χ2n) is 8.91. The SMILES string of the molecule is CN1CCN(c2ccc(NC(=O)[C@@H]3CCCN(S(=O)(=O)Cc4ccc(Cl)cc4)C3)cc2)CC1. The molecule has 1 atom stereocenters. The topological polar surface area (TPSA) is 73.0 Å². The molecule has 0 unspecified atom stereocenters. The van der Waals surface area contributed by atoms with Crippen molar-refractivity contribution in [3.63, 3.8) is 0 Å². The van der Waals surface area contributed by atoms with Crippen LogP contribution in [0.3, 0.4) is 0 Å². The van der Waals surface area contributed by atoms with Gasteiger partial charge in [0, 0.05) is 55.7 Å². The number of rotatable bonds is 6. The molecule has 0 saturated carbocycles. The highest BCUT2D eigenvalue weighted by Gasteiger charge is 2.32. The highest BCUT2D eigenvalue weighted by molar-refractivity contribution is 7.88. The van der Waals surface area contributed by atoms with Gasteiger partial charge in [0.2, 0.25) is 15.9 Å². The molecule has 4 rings (SSSR count). The number of sulfonamides is 1. The molecule has 0 aliphatic carbocycles. The lowest BCUT2D eigenvalue weighted by molar-refractivity contribution is -0.120. The first-order valence-corrected chi connectivity index (χ1v) is 13.4. The highest BCUT2D eigenvalue weighted by atomic mass is 35.5. The van der Waals surface area contributed by atoms with Crippen molar-refractivity contribution in [1.29, 1.82) is 0 Å². The Labute approximate surface area is 201 Å². The number of piperazine rings is 1. The second kappa shape index (κ2) is 10.4. The van der Waals surface area contributed by atoms with E-state index >= 15 is 0 Å². The van der Waals surface area contributed by atoms with Crippen LogP contribution >= 0.6 is 11.6 Å². The number of halogens is 1. The number of likely N-dealkylation sites (N-methyl/N-ethyl adjacent to an activating group) is 1. The molecule has 0 aromatic heterocycles. The van der Waals surface area contributed by atoms with Crippen LogP contribution in [0, 0.1) is 5.92 Å².